The van der Waals surface area contributed by atoms with Gasteiger partial charge < -0.3 is 11.1 Å². The van der Waals surface area contributed by atoms with E-state index >= 15 is 0 Å². The maximum Gasteiger partial charge on any atom is 0.241 e. The van der Waals surface area contributed by atoms with Gasteiger partial charge in [-0.05, 0) is 58.0 Å². The first kappa shape index (κ1) is 24.2. The van der Waals surface area contributed by atoms with Crippen molar-refractivity contribution in [2.24, 2.45) is 5.73 Å². The highest BCUT2D eigenvalue weighted by Gasteiger charge is 2.28. The Hall–Kier alpha value is -3.52. The number of hydrogen-bond donors (Lipinski definition) is 3. The van der Waals surface area contributed by atoms with E-state index in [2.05, 4.69) is 10.0 Å². The zero-order valence-electron chi connectivity index (χ0n) is 19.9. The molecule has 0 radical (unpaired) electrons. The number of amides is 1. The van der Waals surface area contributed by atoms with Crippen LogP contribution >= 0.6 is 0 Å². The summed E-state index contributed by atoms with van der Waals surface area (Å²) in [6, 6.07) is 27.1. The number of carbonyl (C=O) groups excluding carboxylic acids is 1. The highest BCUT2D eigenvalue weighted by molar-refractivity contribution is 7.89. The van der Waals surface area contributed by atoms with Crippen molar-refractivity contribution in [2.75, 3.05) is 0 Å². The third-order valence-corrected chi connectivity index (χ3v) is 8.31. The Bertz CT molecular complexity index is 1500. The number of hydrogen-bond acceptors (Lipinski definition) is 4. The Morgan fingerprint density at radius 1 is 0.917 bits per heavy atom. The van der Waals surface area contributed by atoms with Crippen LogP contribution < -0.4 is 15.8 Å². The average molecular weight is 500 g/mol. The number of rotatable bonds is 8. The molecule has 5 rings (SSSR count). The van der Waals surface area contributed by atoms with E-state index in [0.717, 1.165) is 40.3 Å². The SMILES string of the molecule is NCc1cccc2c1CCC2NC(=O)C[C@@H](NS(=O)(=O)c1ccc2ccccc2c1)c1ccccc1. The monoisotopic (exact) mass is 499 g/mol. The Kier molecular flexibility index (Phi) is 6.87. The highest BCUT2D eigenvalue weighted by Crippen LogP contribution is 2.33. The molecule has 2 atom stereocenters. The molecule has 4 aromatic carbocycles. The smallest absolute Gasteiger partial charge is 0.241 e. The molecule has 0 bridgehead atoms. The quantitative estimate of drug-likeness (QED) is 0.332. The van der Waals surface area contributed by atoms with Gasteiger partial charge in [0, 0.05) is 13.0 Å². The average Bonchev–Trinajstić information content (AvgIpc) is 3.31. The van der Waals surface area contributed by atoms with Gasteiger partial charge in [-0.15, -0.1) is 0 Å². The zero-order valence-corrected chi connectivity index (χ0v) is 20.7. The maximum atomic E-state index is 13.4. The van der Waals surface area contributed by atoms with Crippen LogP contribution in [0.1, 0.15) is 47.2 Å². The molecule has 6 nitrogen and oxygen atoms in total. The summed E-state index contributed by atoms with van der Waals surface area (Å²) in [4.78, 5) is 13.3. The predicted molar refractivity (Wildman–Crippen MR) is 142 cm³/mol. The Labute approximate surface area is 211 Å². The molecule has 7 heteroatoms. The van der Waals surface area contributed by atoms with E-state index in [4.69, 9.17) is 5.73 Å². The standard InChI is InChI=1S/C29H29N3O3S/c30-19-23-11-6-12-26-25(23)15-16-27(26)31-29(33)18-28(21-8-2-1-3-9-21)32-36(34,35)24-14-13-20-7-4-5-10-22(20)17-24/h1-14,17,27-28,32H,15-16,18-19,30H2,(H,31,33)/t27?,28-/m1/s1. The maximum absolute atomic E-state index is 13.4. The summed E-state index contributed by atoms with van der Waals surface area (Å²) in [5.74, 6) is -0.207. The van der Waals surface area contributed by atoms with E-state index in [-0.39, 0.29) is 23.3 Å². The summed E-state index contributed by atoms with van der Waals surface area (Å²) < 4.78 is 29.5. The summed E-state index contributed by atoms with van der Waals surface area (Å²) in [6.45, 7) is 0.469. The van der Waals surface area contributed by atoms with E-state index in [1.54, 1.807) is 18.2 Å². The van der Waals surface area contributed by atoms with Gasteiger partial charge in [-0.3, -0.25) is 4.79 Å². The fourth-order valence-electron chi connectivity index (χ4n) is 5.01. The molecule has 0 saturated heterocycles. The Morgan fingerprint density at radius 2 is 1.67 bits per heavy atom. The molecule has 0 fully saturated rings. The van der Waals surface area contributed by atoms with Crippen LogP contribution in [-0.2, 0) is 27.8 Å². The molecule has 1 aliphatic rings. The van der Waals surface area contributed by atoms with Crippen molar-refractivity contribution in [1.29, 1.82) is 0 Å². The number of benzene rings is 4. The van der Waals surface area contributed by atoms with Crippen LogP contribution in [-0.4, -0.2) is 14.3 Å². The summed E-state index contributed by atoms with van der Waals surface area (Å²) >= 11 is 0. The first-order valence-electron chi connectivity index (χ1n) is 12.1. The molecule has 4 N–H and O–H groups in total. The lowest BCUT2D eigenvalue weighted by molar-refractivity contribution is -0.122. The van der Waals surface area contributed by atoms with Gasteiger partial charge in [-0.2, -0.15) is 0 Å². The number of nitrogens with one attached hydrogen (secondary N) is 2. The van der Waals surface area contributed by atoms with Gasteiger partial charge >= 0.3 is 0 Å². The van der Waals surface area contributed by atoms with Crippen molar-refractivity contribution in [3.63, 3.8) is 0 Å². The minimum absolute atomic E-state index is 0.0146. The van der Waals surface area contributed by atoms with Gasteiger partial charge in [0.25, 0.3) is 0 Å². The van der Waals surface area contributed by atoms with Gasteiger partial charge in [0.1, 0.15) is 0 Å². The molecule has 4 aromatic rings. The van der Waals surface area contributed by atoms with Gasteiger partial charge in [-0.1, -0.05) is 78.9 Å². The lowest BCUT2D eigenvalue weighted by atomic mass is 10.0. The first-order chi connectivity index (χ1) is 17.4. The molecule has 1 aliphatic carbocycles. The van der Waals surface area contributed by atoms with Gasteiger partial charge in [0.2, 0.25) is 15.9 Å². The summed E-state index contributed by atoms with van der Waals surface area (Å²) in [6.07, 6.45) is 1.65. The van der Waals surface area contributed by atoms with E-state index in [9.17, 15) is 13.2 Å². The molecule has 184 valence electrons. The van der Waals surface area contributed by atoms with Crippen molar-refractivity contribution in [2.45, 2.75) is 42.8 Å². The van der Waals surface area contributed by atoms with Gasteiger partial charge in [0.05, 0.1) is 17.0 Å². The van der Waals surface area contributed by atoms with Crippen LogP contribution in [0.15, 0.2) is 95.9 Å². The fraction of sp³-hybridized carbons (Fsp3) is 0.207. The second-order valence-electron chi connectivity index (χ2n) is 9.15. The van der Waals surface area contributed by atoms with E-state index in [1.807, 2.05) is 72.8 Å². The van der Waals surface area contributed by atoms with E-state index in [0.29, 0.717) is 6.54 Å². The second-order valence-corrected chi connectivity index (χ2v) is 10.9. The third-order valence-electron chi connectivity index (χ3n) is 6.84. The third kappa shape index (κ3) is 5.04. The molecular weight excluding hydrogens is 470 g/mol. The molecule has 0 saturated carbocycles. The van der Waals surface area contributed by atoms with Gasteiger partial charge in [-0.25, -0.2) is 13.1 Å². The normalized spacial score (nSPS) is 16.0. The molecule has 0 heterocycles. The summed E-state index contributed by atoms with van der Waals surface area (Å²) in [5, 5.41) is 4.92. The lowest BCUT2D eigenvalue weighted by Crippen LogP contribution is -2.35. The molecule has 0 aliphatic heterocycles. The molecule has 1 amide bonds. The first-order valence-corrected chi connectivity index (χ1v) is 13.6. The van der Waals surface area contributed by atoms with Crippen molar-refractivity contribution >= 4 is 26.7 Å². The zero-order chi connectivity index (χ0) is 25.1. The number of sulfonamides is 1. The van der Waals surface area contributed by atoms with Crippen molar-refractivity contribution in [3.05, 3.63) is 113 Å². The molecule has 0 spiro atoms. The van der Waals surface area contributed by atoms with Crippen molar-refractivity contribution in [1.82, 2.24) is 10.0 Å². The van der Waals surface area contributed by atoms with Crippen molar-refractivity contribution < 1.29 is 13.2 Å². The molecule has 36 heavy (non-hydrogen) atoms. The van der Waals surface area contributed by atoms with E-state index < -0.39 is 16.1 Å². The van der Waals surface area contributed by atoms with Crippen LogP contribution in [0, 0.1) is 0 Å². The predicted octanol–water partition coefficient (Wildman–Crippen LogP) is 4.51. The van der Waals surface area contributed by atoms with E-state index in [1.165, 1.54) is 5.56 Å². The Balaban J connectivity index is 1.37. The summed E-state index contributed by atoms with van der Waals surface area (Å²) in [7, 11) is -3.87. The topological polar surface area (TPSA) is 101 Å². The minimum atomic E-state index is -3.87. The van der Waals surface area contributed by atoms with Crippen molar-refractivity contribution in [3.8, 4) is 0 Å². The largest absolute Gasteiger partial charge is 0.349 e. The van der Waals surface area contributed by atoms with Crippen LogP contribution in [0.3, 0.4) is 0 Å². The number of carbonyl (C=O) groups is 1. The molecule has 1 unspecified atom stereocenters. The Morgan fingerprint density at radius 3 is 2.44 bits per heavy atom. The van der Waals surface area contributed by atoms with Crippen LogP contribution in [0.5, 0.6) is 0 Å². The summed E-state index contributed by atoms with van der Waals surface area (Å²) in [5.41, 5.74) is 10.0. The molecule has 0 aromatic heterocycles. The number of nitrogens with two attached hydrogens (primary N) is 1. The number of fused-ring (bicyclic) bond motifs is 2. The van der Waals surface area contributed by atoms with Crippen LogP contribution in [0.4, 0.5) is 0 Å². The lowest BCUT2D eigenvalue weighted by Gasteiger charge is -2.21. The molecular formula is C29H29N3O3S. The minimum Gasteiger partial charge on any atom is -0.349 e. The highest BCUT2D eigenvalue weighted by atomic mass is 32.2. The fourth-order valence-corrected chi connectivity index (χ4v) is 6.27. The van der Waals surface area contributed by atoms with Crippen LogP contribution in [0.2, 0.25) is 0 Å². The second kappa shape index (κ2) is 10.2. The van der Waals surface area contributed by atoms with Gasteiger partial charge in [0.15, 0.2) is 0 Å². The van der Waals surface area contributed by atoms with Crippen LogP contribution in [0.25, 0.3) is 10.8 Å².